The molecule has 1 aliphatic heterocycles. The second-order valence-corrected chi connectivity index (χ2v) is 8.86. The van der Waals surface area contributed by atoms with Crippen molar-refractivity contribution in [2.45, 2.75) is 4.90 Å². The Morgan fingerprint density at radius 2 is 1.61 bits per heavy atom. The van der Waals surface area contributed by atoms with Crippen molar-refractivity contribution in [2.24, 2.45) is 0 Å². The number of nitrogens with one attached hydrogen (secondary N) is 1. The van der Waals surface area contributed by atoms with Crippen LogP contribution in [0.3, 0.4) is 0 Å². The van der Waals surface area contributed by atoms with Gasteiger partial charge in [-0.05, 0) is 29.7 Å². The number of anilines is 1. The van der Waals surface area contributed by atoms with Crippen molar-refractivity contribution in [3.63, 3.8) is 0 Å². The van der Waals surface area contributed by atoms with Crippen LogP contribution in [-0.4, -0.2) is 38.6 Å². The Labute approximate surface area is 164 Å². The maximum absolute atomic E-state index is 13.5. The monoisotopic (exact) mass is 391 g/mol. The first-order valence-corrected chi connectivity index (χ1v) is 10.9. The number of benzene rings is 3. The molecule has 6 heteroatoms. The van der Waals surface area contributed by atoms with E-state index in [-0.39, 0.29) is 0 Å². The molecule has 4 aromatic rings. The van der Waals surface area contributed by atoms with Gasteiger partial charge in [0, 0.05) is 48.8 Å². The van der Waals surface area contributed by atoms with Gasteiger partial charge in [0.05, 0.1) is 10.4 Å². The minimum Gasteiger partial charge on any atom is -0.369 e. The predicted octanol–water partition coefficient (Wildman–Crippen LogP) is 3.44. The summed E-state index contributed by atoms with van der Waals surface area (Å²) in [5.41, 5.74) is 1.77. The molecule has 0 bridgehead atoms. The number of nitrogens with zero attached hydrogens (tertiary/aromatic N) is 2. The van der Waals surface area contributed by atoms with Gasteiger partial charge in [0.25, 0.3) is 10.0 Å². The Bertz CT molecular complexity index is 1270. The van der Waals surface area contributed by atoms with Gasteiger partial charge in [0.2, 0.25) is 0 Å². The molecule has 1 aromatic heterocycles. The topological polar surface area (TPSA) is 54.3 Å². The van der Waals surface area contributed by atoms with Gasteiger partial charge in [-0.25, -0.2) is 12.4 Å². The third kappa shape index (κ3) is 2.77. The van der Waals surface area contributed by atoms with E-state index in [0.717, 1.165) is 48.0 Å². The highest BCUT2D eigenvalue weighted by Gasteiger charge is 2.22. The van der Waals surface area contributed by atoms with Gasteiger partial charge in [-0.3, -0.25) is 0 Å². The van der Waals surface area contributed by atoms with Crippen LogP contribution in [0.5, 0.6) is 0 Å². The van der Waals surface area contributed by atoms with E-state index in [1.165, 1.54) is 3.97 Å². The summed E-state index contributed by atoms with van der Waals surface area (Å²) in [6, 6.07) is 20.9. The summed E-state index contributed by atoms with van der Waals surface area (Å²) < 4.78 is 28.5. The van der Waals surface area contributed by atoms with Crippen molar-refractivity contribution in [1.29, 1.82) is 0 Å². The fourth-order valence-corrected chi connectivity index (χ4v) is 5.51. The molecule has 1 fully saturated rings. The molecular formula is C22H21N3O2S. The van der Waals surface area contributed by atoms with Gasteiger partial charge >= 0.3 is 0 Å². The number of hydrogen-bond acceptors (Lipinski definition) is 4. The lowest BCUT2D eigenvalue weighted by atomic mass is 10.1. The second kappa shape index (κ2) is 6.65. The molecule has 2 heterocycles. The first-order valence-electron chi connectivity index (χ1n) is 9.45. The number of hydrogen-bond donors (Lipinski definition) is 1. The molecule has 0 unspecified atom stereocenters. The van der Waals surface area contributed by atoms with Crippen LogP contribution in [0.1, 0.15) is 0 Å². The smallest absolute Gasteiger partial charge is 0.268 e. The molecule has 0 saturated carbocycles. The van der Waals surface area contributed by atoms with Crippen LogP contribution in [0.15, 0.2) is 77.8 Å². The molecular weight excluding hydrogens is 370 g/mol. The molecule has 5 rings (SSSR count). The molecule has 0 spiro atoms. The van der Waals surface area contributed by atoms with Crippen molar-refractivity contribution in [1.82, 2.24) is 9.29 Å². The van der Waals surface area contributed by atoms with Crippen LogP contribution in [0, 0.1) is 0 Å². The zero-order valence-electron chi connectivity index (χ0n) is 15.4. The lowest BCUT2D eigenvalue weighted by Crippen LogP contribution is -2.43. The highest BCUT2D eigenvalue weighted by Crippen LogP contribution is 2.30. The fourth-order valence-electron chi connectivity index (χ4n) is 3.95. The van der Waals surface area contributed by atoms with E-state index in [1.807, 2.05) is 48.5 Å². The van der Waals surface area contributed by atoms with Crippen molar-refractivity contribution >= 4 is 37.4 Å². The Morgan fingerprint density at radius 3 is 2.46 bits per heavy atom. The van der Waals surface area contributed by atoms with Gasteiger partial charge in [-0.15, -0.1) is 0 Å². The summed E-state index contributed by atoms with van der Waals surface area (Å²) >= 11 is 0. The van der Waals surface area contributed by atoms with E-state index < -0.39 is 10.0 Å². The Hall–Kier alpha value is -2.83. The van der Waals surface area contributed by atoms with Crippen molar-refractivity contribution in [3.05, 3.63) is 72.9 Å². The Kier molecular flexibility index (Phi) is 4.10. The fraction of sp³-hybridized carbons (Fsp3) is 0.182. The average Bonchev–Trinajstić information content (AvgIpc) is 3.18. The SMILES string of the molecule is O=S(=O)(c1cccc2ccccc12)n1ccc2ccc(N3CCNCC3)cc21. The summed E-state index contributed by atoms with van der Waals surface area (Å²) in [6.07, 6.45) is 1.66. The van der Waals surface area contributed by atoms with E-state index >= 15 is 0 Å². The molecule has 0 atom stereocenters. The molecule has 0 amide bonds. The molecule has 3 aromatic carbocycles. The van der Waals surface area contributed by atoms with Crippen LogP contribution in [0.2, 0.25) is 0 Å². The first kappa shape index (κ1) is 17.3. The van der Waals surface area contributed by atoms with Gasteiger partial charge < -0.3 is 10.2 Å². The van der Waals surface area contributed by atoms with Crippen LogP contribution in [-0.2, 0) is 10.0 Å². The summed E-state index contributed by atoms with van der Waals surface area (Å²) in [4.78, 5) is 2.62. The average molecular weight is 391 g/mol. The summed E-state index contributed by atoms with van der Waals surface area (Å²) in [6.45, 7) is 3.71. The van der Waals surface area contributed by atoms with E-state index in [0.29, 0.717) is 10.4 Å². The molecule has 0 aliphatic carbocycles. The van der Waals surface area contributed by atoms with Gasteiger partial charge in [-0.2, -0.15) is 0 Å². The molecule has 28 heavy (non-hydrogen) atoms. The van der Waals surface area contributed by atoms with Gasteiger partial charge in [-0.1, -0.05) is 42.5 Å². The van der Waals surface area contributed by atoms with Crippen LogP contribution >= 0.6 is 0 Å². The standard InChI is InChI=1S/C22H21N3O2S/c26-28(27,22-7-3-5-17-4-1-2-6-20(17)22)25-13-10-18-8-9-19(16-21(18)25)24-14-11-23-12-15-24/h1-10,13,16,23H,11-12,14-15H2. The third-order valence-electron chi connectivity index (χ3n) is 5.41. The zero-order chi connectivity index (χ0) is 19.1. The third-order valence-corrected chi connectivity index (χ3v) is 7.16. The highest BCUT2D eigenvalue weighted by atomic mass is 32.2. The van der Waals surface area contributed by atoms with E-state index in [2.05, 4.69) is 16.3 Å². The number of rotatable bonds is 3. The van der Waals surface area contributed by atoms with Gasteiger partial charge in [0.15, 0.2) is 0 Å². The molecule has 1 N–H and O–H groups in total. The Morgan fingerprint density at radius 1 is 0.821 bits per heavy atom. The molecule has 5 nitrogen and oxygen atoms in total. The zero-order valence-corrected chi connectivity index (χ0v) is 16.2. The predicted molar refractivity (Wildman–Crippen MR) is 114 cm³/mol. The second-order valence-electron chi connectivity index (χ2n) is 7.07. The maximum atomic E-state index is 13.5. The van der Waals surface area contributed by atoms with Crippen LogP contribution in [0.25, 0.3) is 21.7 Å². The van der Waals surface area contributed by atoms with E-state index in [9.17, 15) is 8.42 Å². The summed E-state index contributed by atoms with van der Waals surface area (Å²) in [7, 11) is -3.71. The van der Waals surface area contributed by atoms with Crippen molar-refractivity contribution in [3.8, 4) is 0 Å². The largest absolute Gasteiger partial charge is 0.369 e. The normalized spacial score (nSPS) is 15.4. The first-order chi connectivity index (χ1) is 13.6. The Balaban J connectivity index is 1.67. The van der Waals surface area contributed by atoms with Crippen LogP contribution < -0.4 is 10.2 Å². The van der Waals surface area contributed by atoms with E-state index in [1.54, 1.807) is 18.3 Å². The summed E-state index contributed by atoms with van der Waals surface area (Å²) in [5.74, 6) is 0. The number of aromatic nitrogens is 1. The minimum atomic E-state index is -3.71. The summed E-state index contributed by atoms with van der Waals surface area (Å²) in [5, 5.41) is 5.93. The molecule has 0 radical (unpaired) electrons. The maximum Gasteiger partial charge on any atom is 0.268 e. The highest BCUT2D eigenvalue weighted by molar-refractivity contribution is 7.90. The lowest BCUT2D eigenvalue weighted by molar-refractivity contribution is 0.588. The lowest BCUT2D eigenvalue weighted by Gasteiger charge is -2.29. The number of fused-ring (bicyclic) bond motifs is 2. The van der Waals surface area contributed by atoms with Crippen molar-refractivity contribution in [2.75, 3.05) is 31.1 Å². The quantitative estimate of drug-likeness (QED) is 0.581. The molecule has 1 saturated heterocycles. The number of piperazine rings is 1. The molecule has 1 aliphatic rings. The van der Waals surface area contributed by atoms with Crippen LogP contribution in [0.4, 0.5) is 5.69 Å². The van der Waals surface area contributed by atoms with Crippen molar-refractivity contribution < 1.29 is 8.42 Å². The van der Waals surface area contributed by atoms with Gasteiger partial charge in [0.1, 0.15) is 0 Å². The van der Waals surface area contributed by atoms with E-state index in [4.69, 9.17) is 0 Å². The minimum absolute atomic E-state index is 0.329. The molecule has 142 valence electrons.